The molecule has 0 saturated carbocycles. The van der Waals surface area contributed by atoms with Gasteiger partial charge in [-0.2, -0.15) is 0 Å². The second-order valence-corrected chi connectivity index (χ2v) is 4.41. The molecule has 0 saturated heterocycles. The summed E-state index contributed by atoms with van der Waals surface area (Å²) in [5, 5.41) is 0. The van der Waals surface area contributed by atoms with Crippen molar-refractivity contribution in [2.24, 2.45) is 5.92 Å². The van der Waals surface area contributed by atoms with Gasteiger partial charge in [-0.3, -0.25) is 4.79 Å². The SMILES string of the molecule is CC(C)C(=O)c1ccc(C(C)C)cc1F. The number of carbonyl (C=O) groups is 1. The van der Waals surface area contributed by atoms with Crippen molar-refractivity contribution < 1.29 is 9.18 Å². The number of carbonyl (C=O) groups excluding carboxylic acids is 1. The van der Waals surface area contributed by atoms with Gasteiger partial charge in [0, 0.05) is 5.92 Å². The Morgan fingerprint density at radius 1 is 1.20 bits per heavy atom. The molecule has 0 amide bonds. The molecule has 0 aliphatic rings. The van der Waals surface area contributed by atoms with Crippen molar-refractivity contribution in [2.75, 3.05) is 0 Å². The van der Waals surface area contributed by atoms with Gasteiger partial charge < -0.3 is 0 Å². The van der Waals surface area contributed by atoms with Gasteiger partial charge in [0.2, 0.25) is 0 Å². The smallest absolute Gasteiger partial charge is 0.168 e. The first kappa shape index (κ1) is 11.9. The average molecular weight is 208 g/mol. The van der Waals surface area contributed by atoms with E-state index in [1.807, 2.05) is 19.9 Å². The van der Waals surface area contributed by atoms with E-state index in [-0.39, 0.29) is 23.2 Å². The van der Waals surface area contributed by atoms with E-state index >= 15 is 0 Å². The van der Waals surface area contributed by atoms with Crippen LogP contribution in [0.25, 0.3) is 0 Å². The van der Waals surface area contributed by atoms with E-state index in [1.165, 1.54) is 6.07 Å². The number of hydrogen-bond donors (Lipinski definition) is 0. The van der Waals surface area contributed by atoms with Crippen LogP contribution in [0.15, 0.2) is 18.2 Å². The van der Waals surface area contributed by atoms with Crippen molar-refractivity contribution in [1.82, 2.24) is 0 Å². The lowest BCUT2D eigenvalue weighted by atomic mass is 9.96. The minimum atomic E-state index is -0.403. The maximum absolute atomic E-state index is 13.6. The van der Waals surface area contributed by atoms with Gasteiger partial charge in [-0.05, 0) is 23.6 Å². The molecular weight excluding hydrogens is 191 g/mol. The molecule has 1 aromatic rings. The molecule has 0 aliphatic heterocycles. The third kappa shape index (κ3) is 2.65. The molecule has 0 aromatic heterocycles. The van der Waals surface area contributed by atoms with Crippen LogP contribution in [0.4, 0.5) is 4.39 Å². The standard InChI is InChI=1S/C13H17FO/c1-8(2)10-5-6-11(12(14)7-10)13(15)9(3)4/h5-9H,1-4H3. The van der Waals surface area contributed by atoms with Gasteiger partial charge >= 0.3 is 0 Å². The average Bonchev–Trinajstić information content (AvgIpc) is 2.16. The molecule has 1 nitrogen and oxygen atoms in total. The Morgan fingerprint density at radius 3 is 2.20 bits per heavy atom. The van der Waals surface area contributed by atoms with Crippen LogP contribution in [0, 0.1) is 11.7 Å². The summed E-state index contributed by atoms with van der Waals surface area (Å²) in [5.74, 6) is -0.421. The van der Waals surface area contributed by atoms with Gasteiger partial charge in [0.1, 0.15) is 5.82 Å². The molecular formula is C13H17FO. The highest BCUT2D eigenvalue weighted by Crippen LogP contribution is 2.19. The van der Waals surface area contributed by atoms with Crippen LogP contribution in [0.2, 0.25) is 0 Å². The van der Waals surface area contributed by atoms with Crippen molar-refractivity contribution in [3.63, 3.8) is 0 Å². The quantitative estimate of drug-likeness (QED) is 0.691. The largest absolute Gasteiger partial charge is 0.294 e. The predicted molar refractivity (Wildman–Crippen MR) is 59.7 cm³/mol. The topological polar surface area (TPSA) is 17.1 Å². The first-order chi connectivity index (χ1) is 6.93. The summed E-state index contributed by atoms with van der Waals surface area (Å²) in [7, 11) is 0. The van der Waals surface area contributed by atoms with E-state index in [0.29, 0.717) is 0 Å². The monoisotopic (exact) mass is 208 g/mol. The molecule has 0 aliphatic carbocycles. The molecule has 0 spiro atoms. The molecule has 0 atom stereocenters. The van der Waals surface area contributed by atoms with Crippen LogP contribution >= 0.6 is 0 Å². The fraction of sp³-hybridized carbons (Fsp3) is 0.462. The van der Waals surface area contributed by atoms with Gasteiger partial charge in [0.05, 0.1) is 5.56 Å². The zero-order valence-corrected chi connectivity index (χ0v) is 9.67. The van der Waals surface area contributed by atoms with Crippen LogP contribution in [0.5, 0.6) is 0 Å². The summed E-state index contributed by atoms with van der Waals surface area (Å²) in [4.78, 5) is 11.6. The van der Waals surface area contributed by atoms with Crippen LogP contribution in [-0.2, 0) is 0 Å². The predicted octanol–water partition coefficient (Wildman–Crippen LogP) is 3.79. The molecule has 0 radical (unpaired) electrons. The lowest BCUT2D eigenvalue weighted by Crippen LogP contribution is -2.10. The Kier molecular flexibility index (Phi) is 3.61. The van der Waals surface area contributed by atoms with Crippen molar-refractivity contribution in [2.45, 2.75) is 33.6 Å². The fourth-order valence-corrected chi connectivity index (χ4v) is 1.40. The lowest BCUT2D eigenvalue weighted by Gasteiger charge is -2.09. The molecule has 0 fully saturated rings. The molecule has 82 valence electrons. The maximum atomic E-state index is 13.6. The van der Waals surface area contributed by atoms with E-state index in [0.717, 1.165) is 5.56 Å². The lowest BCUT2D eigenvalue weighted by molar-refractivity contribution is 0.0935. The van der Waals surface area contributed by atoms with Crippen molar-refractivity contribution in [3.8, 4) is 0 Å². The Bertz CT molecular complexity index is 367. The van der Waals surface area contributed by atoms with Crippen LogP contribution in [0.1, 0.15) is 49.5 Å². The number of benzene rings is 1. The third-order valence-corrected chi connectivity index (χ3v) is 2.45. The summed E-state index contributed by atoms with van der Waals surface area (Å²) in [6, 6.07) is 4.87. The zero-order chi connectivity index (χ0) is 11.6. The van der Waals surface area contributed by atoms with Gasteiger partial charge in [-0.1, -0.05) is 33.8 Å². The molecule has 1 aromatic carbocycles. The van der Waals surface area contributed by atoms with E-state index in [1.54, 1.807) is 19.9 Å². The van der Waals surface area contributed by atoms with E-state index < -0.39 is 5.82 Å². The second kappa shape index (κ2) is 4.56. The fourth-order valence-electron chi connectivity index (χ4n) is 1.40. The van der Waals surface area contributed by atoms with E-state index in [9.17, 15) is 9.18 Å². The summed E-state index contributed by atoms with van der Waals surface area (Å²) in [6.45, 7) is 7.55. The molecule has 15 heavy (non-hydrogen) atoms. The molecule has 2 heteroatoms. The molecule has 0 N–H and O–H groups in total. The van der Waals surface area contributed by atoms with Gasteiger partial charge in [-0.25, -0.2) is 4.39 Å². The van der Waals surface area contributed by atoms with Crippen LogP contribution in [-0.4, -0.2) is 5.78 Å². The number of ketones is 1. The van der Waals surface area contributed by atoms with Crippen molar-refractivity contribution >= 4 is 5.78 Å². The molecule has 0 unspecified atom stereocenters. The van der Waals surface area contributed by atoms with Crippen LogP contribution in [0.3, 0.4) is 0 Å². The first-order valence-corrected chi connectivity index (χ1v) is 5.27. The minimum absolute atomic E-state index is 0.136. The number of halogens is 1. The van der Waals surface area contributed by atoms with E-state index in [4.69, 9.17) is 0 Å². The van der Waals surface area contributed by atoms with Crippen molar-refractivity contribution in [3.05, 3.63) is 35.1 Å². The Labute approximate surface area is 90.3 Å². The van der Waals surface area contributed by atoms with Crippen molar-refractivity contribution in [1.29, 1.82) is 0 Å². The minimum Gasteiger partial charge on any atom is -0.294 e. The Balaban J connectivity index is 3.08. The van der Waals surface area contributed by atoms with Gasteiger partial charge in [-0.15, -0.1) is 0 Å². The van der Waals surface area contributed by atoms with Gasteiger partial charge in [0.25, 0.3) is 0 Å². The highest BCUT2D eigenvalue weighted by molar-refractivity contribution is 5.97. The molecule has 0 heterocycles. The molecule has 1 rings (SSSR count). The van der Waals surface area contributed by atoms with E-state index in [2.05, 4.69) is 0 Å². The van der Waals surface area contributed by atoms with Crippen LogP contribution < -0.4 is 0 Å². The number of Topliss-reactive ketones (excluding diaryl/α,β-unsaturated/α-hetero) is 1. The maximum Gasteiger partial charge on any atom is 0.168 e. The third-order valence-electron chi connectivity index (χ3n) is 2.45. The molecule has 0 bridgehead atoms. The zero-order valence-electron chi connectivity index (χ0n) is 9.67. The summed E-state index contributed by atoms with van der Waals surface area (Å²) < 4.78 is 13.6. The Hall–Kier alpha value is -1.18. The second-order valence-electron chi connectivity index (χ2n) is 4.41. The number of hydrogen-bond acceptors (Lipinski definition) is 1. The normalized spacial score (nSPS) is 11.1. The van der Waals surface area contributed by atoms with Gasteiger partial charge in [0.15, 0.2) is 5.78 Å². The first-order valence-electron chi connectivity index (χ1n) is 5.27. The summed E-state index contributed by atoms with van der Waals surface area (Å²) in [6.07, 6.45) is 0. The number of rotatable bonds is 3. The summed E-state index contributed by atoms with van der Waals surface area (Å²) in [5.41, 5.74) is 1.13. The Morgan fingerprint density at radius 2 is 1.80 bits per heavy atom. The highest BCUT2D eigenvalue weighted by Gasteiger charge is 2.15. The summed E-state index contributed by atoms with van der Waals surface area (Å²) >= 11 is 0. The highest BCUT2D eigenvalue weighted by atomic mass is 19.1.